The van der Waals surface area contributed by atoms with Crippen molar-refractivity contribution in [1.82, 2.24) is 4.90 Å². The van der Waals surface area contributed by atoms with Gasteiger partial charge in [-0.3, -0.25) is 4.79 Å². The number of piperidine rings is 1. The first-order valence-electron chi connectivity index (χ1n) is 6.55. The summed E-state index contributed by atoms with van der Waals surface area (Å²) >= 11 is 0. The number of aliphatic carboxylic acids is 1. The Kier molecular flexibility index (Phi) is 4.99. The summed E-state index contributed by atoms with van der Waals surface area (Å²) < 4.78 is 5.19. The van der Waals surface area contributed by atoms with Crippen LogP contribution >= 0.6 is 0 Å². The zero-order chi connectivity index (χ0) is 13.8. The fraction of sp³-hybridized carbons (Fsp3) is 0.846. The maximum Gasteiger partial charge on any atom is 0.410 e. The minimum absolute atomic E-state index is 0.322. The molecule has 1 fully saturated rings. The van der Waals surface area contributed by atoms with Crippen LogP contribution in [0.5, 0.6) is 0 Å². The minimum atomic E-state index is -0.776. The van der Waals surface area contributed by atoms with Gasteiger partial charge in [0.1, 0.15) is 0 Å². The van der Waals surface area contributed by atoms with E-state index in [0.717, 1.165) is 12.8 Å². The molecule has 1 rings (SSSR count). The van der Waals surface area contributed by atoms with Gasteiger partial charge in [-0.05, 0) is 33.1 Å². The van der Waals surface area contributed by atoms with Gasteiger partial charge in [0.25, 0.3) is 0 Å². The van der Waals surface area contributed by atoms with Gasteiger partial charge in [0.05, 0.1) is 12.5 Å². The molecule has 0 aliphatic carbocycles. The number of rotatable bonds is 4. The Bertz CT molecular complexity index is 314. The first-order valence-corrected chi connectivity index (χ1v) is 6.55. The second kappa shape index (κ2) is 6.07. The molecule has 104 valence electrons. The summed E-state index contributed by atoms with van der Waals surface area (Å²) in [6.45, 7) is 6.71. The van der Waals surface area contributed by atoms with E-state index in [2.05, 4.69) is 0 Å². The minimum Gasteiger partial charge on any atom is -0.481 e. The first kappa shape index (κ1) is 14.8. The van der Waals surface area contributed by atoms with Gasteiger partial charge in [-0.25, -0.2) is 4.79 Å². The number of nitrogens with zero attached hydrogens (tertiary/aromatic N) is 1. The molecular formula is C13H23NO4. The third kappa shape index (κ3) is 3.62. The third-order valence-corrected chi connectivity index (χ3v) is 3.47. The summed E-state index contributed by atoms with van der Waals surface area (Å²) in [4.78, 5) is 24.6. The molecular weight excluding hydrogens is 234 g/mol. The molecule has 1 amide bonds. The van der Waals surface area contributed by atoms with Gasteiger partial charge in [-0.1, -0.05) is 13.3 Å². The van der Waals surface area contributed by atoms with E-state index < -0.39 is 11.5 Å². The molecule has 1 aliphatic rings. The van der Waals surface area contributed by atoms with Crippen LogP contribution in [0.4, 0.5) is 4.79 Å². The standard InChI is InChI=1S/C13H23NO4/c1-4-5-8-18-12(17)14-7-6-10(11(15)16)9-13(14,2)3/h10H,4-9H2,1-3H3,(H,15,16). The summed E-state index contributed by atoms with van der Waals surface area (Å²) in [5.41, 5.74) is -0.454. The summed E-state index contributed by atoms with van der Waals surface area (Å²) in [5.74, 6) is -1.14. The van der Waals surface area contributed by atoms with Gasteiger partial charge in [0, 0.05) is 12.1 Å². The number of carboxylic acids is 1. The van der Waals surface area contributed by atoms with Crippen molar-refractivity contribution in [2.24, 2.45) is 5.92 Å². The highest BCUT2D eigenvalue weighted by atomic mass is 16.6. The molecule has 1 atom stereocenters. The predicted molar refractivity (Wildman–Crippen MR) is 67.4 cm³/mol. The number of ether oxygens (including phenoxy) is 1. The zero-order valence-corrected chi connectivity index (χ0v) is 11.4. The van der Waals surface area contributed by atoms with E-state index in [0.29, 0.717) is 26.0 Å². The Hall–Kier alpha value is -1.26. The summed E-state index contributed by atoms with van der Waals surface area (Å²) in [6, 6.07) is 0. The molecule has 0 saturated carbocycles. The third-order valence-electron chi connectivity index (χ3n) is 3.47. The van der Waals surface area contributed by atoms with Crippen LogP contribution in [0.1, 0.15) is 46.5 Å². The monoisotopic (exact) mass is 257 g/mol. The van der Waals surface area contributed by atoms with Crippen LogP contribution in [0.2, 0.25) is 0 Å². The number of hydrogen-bond acceptors (Lipinski definition) is 3. The van der Waals surface area contributed by atoms with Crippen molar-refractivity contribution in [3.05, 3.63) is 0 Å². The van der Waals surface area contributed by atoms with Crippen molar-refractivity contribution in [3.63, 3.8) is 0 Å². The van der Waals surface area contributed by atoms with E-state index >= 15 is 0 Å². The highest BCUT2D eigenvalue weighted by Crippen LogP contribution is 2.32. The lowest BCUT2D eigenvalue weighted by Crippen LogP contribution is -2.54. The number of carbonyl (C=O) groups excluding carboxylic acids is 1. The topological polar surface area (TPSA) is 66.8 Å². The molecule has 1 unspecified atom stereocenters. The highest BCUT2D eigenvalue weighted by Gasteiger charge is 2.40. The van der Waals surface area contributed by atoms with Crippen LogP contribution in [0.3, 0.4) is 0 Å². The summed E-state index contributed by atoms with van der Waals surface area (Å²) in [7, 11) is 0. The molecule has 0 aromatic heterocycles. The van der Waals surface area contributed by atoms with Crippen molar-refractivity contribution in [2.45, 2.75) is 52.0 Å². The quantitative estimate of drug-likeness (QED) is 0.786. The van der Waals surface area contributed by atoms with Gasteiger partial charge < -0.3 is 14.7 Å². The molecule has 0 radical (unpaired) electrons. The molecule has 0 aromatic rings. The number of carboxylic acid groups (broad SMARTS) is 1. The lowest BCUT2D eigenvalue weighted by atomic mass is 9.83. The van der Waals surface area contributed by atoms with E-state index in [1.54, 1.807) is 4.90 Å². The average Bonchev–Trinajstić information content (AvgIpc) is 2.27. The van der Waals surface area contributed by atoms with Gasteiger partial charge in [0.2, 0.25) is 0 Å². The van der Waals surface area contributed by atoms with Crippen molar-refractivity contribution >= 4 is 12.1 Å². The molecule has 1 N–H and O–H groups in total. The van der Waals surface area contributed by atoms with E-state index in [9.17, 15) is 9.59 Å². The Balaban J connectivity index is 2.57. The van der Waals surface area contributed by atoms with Crippen LogP contribution in [0.15, 0.2) is 0 Å². The average molecular weight is 257 g/mol. The largest absolute Gasteiger partial charge is 0.481 e. The molecule has 0 aromatic carbocycles. The number of carbonyl (C=O) groups is 2. The Labute approximate surface area is 108 Å². The molecule has 5 nitrogen and oxygen atoms in total. The van der Waals surface area contributed by atoms with Crippen molar-refractivity contribution in [2.75, 3.05) is 13.2 Å². The van der Waals surface area contributed by atoms with E-state index in [4.69, 9.17) is 9.84 Å². The second-order valence-electron chi connectivity index (χ2n) is 5.46. The van der Waals surface area contributed by atoms with E-state index in [1.807, 2.05) is 20.8 Å². The number of unbranched alkanes of at least 4 members (excludes halogenated alkanes) is 1. The molecule has 1 aliphatic heterocycles. The fourth-order valence-electron chi connectivity index (χ4n) is 2.33. The second-order valence-corrected chi connectivity index (χ2v) is 5.46. The first-order chi connectivity index (χ1) is 8.38. The molecule has 0 spiro atoms. The molecule has 5 heteroatoms. The van der Waals surface area contributed by atoms with Crippen LogP contribution in [0, 0.1) is 5.92 Å². The predicted octanol–water partition coefficient (Wildman–Crippen LogP) is 2.50. The number of hydrogen-bond donors (Lipinski definition) is 1. The summed E-state index contributed by atoms with van der Waals surface area (Å²) in [6.07, 6.45) is 2.50. The normalized spacial score (nSPS) is 22.6. The van der Waals surface area contributed by atoms with E-state index in [-0.39, 0.29) is 12.0 Å². The fourth-order valence-corrected chi connectivity index (χ4v) is 2.33. The smallest absolute Gasteiger partial charge is 0.410 e. The molecule has 1 heterocycles. The Morgan fingerprint density at radius 2 is 2.11 bits per heavy atom. The molecule has 1 saturated heterocycles. The SMILES string of the molecule is CCCCOC(=O)N1CCC(C(=O)O)CC1(C)C. The van der Waals surface area contributed by atoms with Crippen molar-refractivity contribution in [1.29, 1.82) is 0 Å². The summed E-state index contributed by atoms with van der Waals surface area (Å²) in [5, 5.41) is 9.03. The van der Waals surface area contributed by atoms with Gasteiger partial charge >= 0.3 is 12.1 Å². The van der Waals surface area contributed by atoms with Gasteiger partial charge in [0.15, 0.2) is 0 Å². The van der Waals surface area contributed by atoms with Crippen molar-refractivity contribution in [3.8, 4) is 0 Å². The van der Waals surface area contributed by atoms with Crippen LogP contribution in [0.25, 0.3) is 0 Å². The van der Waals surface area contributed by atoms with Gasteiger partial charge in [-0.15, -0.1) is 0 Å². The van der Waals surface area contributed by atoms with Crippen LogP contribution < -0.4 is 0 Å². The lowest BCUT2D eigenvalue weighted by Gasteiger charge is -2.43. The maximum atomic E-state index is 11.9. The number of likely N-dealkylation sites (tertiary alicyclic amines) is 1. The van der Waals surface area contributed by atoms with E-state index in [1.165, 1.54) is 0 Å². The van der Waals surface area contributed by atoms with Crippen LogP contribution in [-0.4, -0.2) is 40.8 Å². The zero-order valence-electron chi connectivity index (χ0n) is 11.4. The molecule has 0 bridgehead atoms. The van der Waals surface area contributed by atoms with Gasteiger partial charge in [-0.2, -0.15) is 0 Å². The Morgan fingerprint density at radius 1 is 1.44 bits per heavy atom. The maximum absolute atomic E-state index is 11.9. The Morgan fingerprint density at radius 3 is 2.61 bits per heavy atom. The molecule has 18 heavy (non-hydrogen) atoms. The van der Waals surface area contributed by atoms with Crippen LogP contribution in [-0.2, 0) is 9.53 Å². The van der Waals surface area contributed by atoms with Crippen molar-refractivity contribution < 1.29 is 19.4 Å². The lowest BCUT2D eigenvalue weighted by molar-refractivity contribution is -0.145. The number of amides is 1. The highest BCUT2D eigenvalue weighted by molar-refractivity contribution is 5.72.